The van der Waals surface area contributed by atoms with E-state index < -0.39 is 5.82 Å². The average Bonchev–Trinajstić information content (AvgIpc) is 2.98. The minimum atomic E-state index is -0.451. The fourth-order valence-electron chi connectivity index (χ4n) is 3.08. The number of phenolic OH excluding ortho intramolecular Hbond substituents is 1. The average molecular weight is 355 g/mol. The molecule has 1 aromatic heterocycles. The van der Waals surface area contributed by atoms with Crippen LogP contribution >= 0.6 is 0 Å². The number of aliphatic imine (C=N–C) groups is 1. The number of hydrogen-bond donors (Lipinski definition) is 3. The van der Waals surface area contributed by atoms with E-state index >= 15 is 0 Å². The lowest BCUT2D eigenvalue weighted by Crippen LogP contribution is -2.26. The summed E-state index contributed by atoms with van der Waals surface area (Å²) in [6.45, 7) is 3.70. The van der Waals surface area contributed by atoms with Gasteiger partial charge in [0.05, 0.1) is 18.4 Å². The molecule has 7 heteroatoms. The van der Waals surface area contributed by atoms with E-state index in [1.54, 1.807) is 24.3 Å². The lowest BCUT2D eigenvalue weighted by atomic mass is 10.1. The molecule has 0 saturated heterocycles. The minimum absolute atomic E-state index is 0.00241. The van der Waals surface area contributed by atoms with Gasteiger partial charge in [0.15, 0.2) is 23.1 Å². The van der Waals surface area contributed by atoms with Crippen molar-refractivity contribution < 1.29 is 19.0 Å². The topological polar surface area (TPSA) is 78.9 Å². The van der Waals surface area contributed by atoms with Crippen molar-refractivity contribution in [1.29, 1.82) is 0 Å². The molecule has 1 atom stereocenters. The molecule has 0 bridgehead atoms. The molecule has 0 spiro atoms. The summed E-state index contributed by atoms with van der Waals surface area (Å²) in [5.41, 5.74) is 2.80. The predicted octanol–water partition coefficient (Wildman–Crippen LogP) is 3.93. The zero-order valence-corrected chi connectivity index (χ0v) is 14.6. The lowest BCUT2D eigenvalue weighted by molar-refractivity contribution is 0.373. The minimum Gasteiger partial charge on any atom is -0.504 e. The van der Waals surface area contributed by atoms with Crippen LogP contribution in [0.1, 0.15) is 18.2 Å². The highest BCUT2D eigenvalue weighted by Crippen LogP contribution is 2.36. The number of aromatic hydroxyl groups is 1. The first-order chi connectivity index (χ1) is 12.5. The number of aromatic nitrogens is 1. The zero-order valence-electron chi connectivity index (χ0n) is 14.6. The molecular formula is C19H18FN3O3. The highest BCUT2D eigenvalue weighted by atomic mass is 19.1. The summed E-state index contributed by atoms with van der Waals surface area (Å²) >= 11 is 0. The molecule has 0 fully saturated rings. The second-order valence-corrected chi connectivity index (χ2v) is 6.22. The van der Waals surface area contributed by atoms with Gasteiger partial charge in [0, 0.05) is 22.7 Å². The van der Waals surface area contributed by atoms with Gasteiger partial charge in [-0.1, -0.05) is 0 Å². The van der Waals surface area contributed by atoms with Gasteiger partial charge in [-0.25, -0.2) is 9.38 Å². The van der Waals surface area contributed by atoms with Crippen LogP contribution in [0, 0.1) is 12.7 Å². The Morgan fingerprint density at radius 1 is 1.19 bits per heavy atom. The van der Waals surface area contributed by atoms with Crippen molar-refractivity contribution in [2.75, 3.05) is 12.4 Å². The number of aromatic amines is 1. The van der Waals surface area contributed by atoms with Crippen molar-refractivity contribution in [2.24, 2.45) is 4.99 Å². The van der Waals surface area contributed by atoms with Crippen LogP contribution in [0.3, 0.4) is 0 Å². The summed E-state index contributed by atoms with van der Waals surface area (Å²) in [5, 5.41) is 13.6. The third kappa shape index (κ3) is 2.61. The SMILES string of the molecule is COc1cc2c(cc1O)NC(C)N=C2Oc1ccc2[nH]c(C)cc2c1F. The van der Waals surface area contributed by atoms with Gasteiger partial charge in [0.1, 0.15) is 6.17 Å². The normalized spacial score (nSPS) is 16.0. The summed E-state index contributed by atoms with van der Waals surface area (Å²) in [6.07, 6.45) is -0.286. The van der Waals surface area contributed by atoms with Gasteiger partial charge >= 0.3 is 0 Å². The highest BCUT2D eigenvalue weighted by molar-refractivity contribution is 6.03. The molecule has 134 valence electrons. The molecule has 2 aromatic carbocycles. The van der Waals surface area contributed by atoms with E-state index in [1.807, 2.05) is 13.8 Å². The largest absolute Gasteiger partial charge is 0.504 e. The van der Waals surface area contributed by atoms with Crippen LogP contribution in [0.4, 0.5) is 10.1 Å². The third-order valence-corrected chi connectivity index (χ3v) is 4.27. The Balaban J connectivity index is 1.78. The Labute approximate surface area is 149 Å². The number of ether oxygens (including phenoxy) is 2. The van der Waals surface area contributed by atoms with E-state index in [2.05, 4.69) is 15.3 Å². The molecule has 4 rings (SSSR count). The standard InChI is InChI=1S/C19H18FN3O3/c1-9-6-11-13(21-9)4-5-16(18(11)20)26-19-12-7-17(25-3)15(24)8-14(12)22-10(2)23-19/h4-8,10,21-22,24H,1-3H3. The first-order valence-electron chi connectivity index (χ1n) is 8.17. The molecule has 3 aromatic rings. The third-order valence-electron chi connectivity index (χ3n) is 4.27. The van der Waals surface area contributed by atoms with E-state index in [-0.39, 0.29) is 29.3 Å². The Bertz CT molecular complexity index is 1040. The van der Waals surface area contributed by atoms with Gasteiger partial charge in [-0.15, -0.1) is 0 Å². The molecule has 0 radical (unpaired) electrons. The van der Waals surface area contributed by atoms with E-state index in [4.69, 9.17) is 9.47 Å². The van der Waals surface area contributed by atoms with Crippen LogP contribution in [0.15, 0.2) is 35.3 Å². The highest BCUT2D eigenvalue weighted by Gasteiger charge is 2.24. The smallest absolute Gasteiger partial charge is 0.226 e. The fourth-order valence-corrected chi connectivity index (χ4v) is 3.08. The number of halogens is 1. The number of benzene rings is 2. The number of rotatable bonds is 2. The maximum atomic E-state index is 14.8. The maximum absolute atomic E-state index is 14.8. The van der Waals surface area contributed by atoms with Gasteiger partial charge in [0.2, 0.25) is 5.90 Å². The number of hydrogen-bond acceptors (Lipinski definition) is 5. The number of H-pyrrole nitrogens is 1. The first kappa shape index (κ1) is 16.3. The predicted molar refractivity (Wildman–Crippen MR) is 97.9 cm³/mol. The van der Waals surface area contributed by atoms with E-state index in [0.717, 1.165) is 5.69 Å². The molecule has 1 aliphatic rings. The summed E-state index contributed by atoms with van der Waals surface area (Å²) in [5.74, 6) is 0.182. The number of anilines is 1. The van der Waals surface area contributed by atoms with Crippen LogP contribution in [0.5, 0.6) is 17.2 Å². The summed E-state index contributed by atoms with van der Waals surface area (Å²) in [7, 11) is 1.46. The quantitative estimate of drug-likeness (QED) is 0.651. The Hall–Kier alpha value is -3.22. The second-order valence-electron chi connectivity index (χ2n) is 6.22. The number of methoxy groups -OCH3 is 1. The fraction of sp³-hybridized carbons (Fsp3) is 0.211. The number of aryl methyl sites for hydroxylation is 1. The number of phenols is 1. The molecule has 26 heavy (non-hydrogen) atoms. The molecule has 1 aliphatic heterocycles. The van der Waals surface area contributed by atoms with Crippen molar-refractivity contribution in [3.63, 3.8) is 0 Å². The number of nitrogens with zero attached hydrogens (tertiary/aromatic N) is 1. The van der Waals surface area contributed by atoms with Crippen LogP contribution in [-0.4, -0.2) is 29.3 Å². The maximum Gasteiger partial charge on any atom is 0.226 e. The number of fused-ring (bicyclic) bond motifs is 2. The Morgan fingerprint density at radius 3 is 2.77 bits per heavy atom. The van der Waals surface area contributed by atoms with Crippen molar-refractivity contribution in [3.8, 4) is 17.2 Å². The van der Waals surface area contributed by atoms with Crippen LogP contribution in [0.2, 0.25) is 0 Å². The van der Waals surface area contributed by atoms with Gasteiger partial charge in [-0.2, -0.15) is 0 Å². The van der Waals surface area contributed by atoms with Gasteiger partial charge in [-0.05, 0) is 38.1 Å². The van der Waals surface area contributed by atoms with Crippen LogP contribution in [0.25, 0.3) is 10.9 Å². The molecule has 1 unspecified atom stereocenters. The van der Waals surface area contributed by atoms with Crippen molar-refractivity contribution in [2.45, 2.75) is 20.0 Å². The monoisotopic (exact) mass is 355 g/mol. The summed E-state index contributed by atoms with van der Waals surface area (Å²) < 4.78 is 25.8. The molecule has 0 saturated carbocycles. The molecule has 6 nitrogen and oxygen atoms in total. The first-order valence-corrected chi connectivity index (χ1v) is 8.17. The van der Waals surface area contributed by atoms with Crippen LogP contribution in [-0.2, 0) is 0 Å². The molecule has 2 heterocycles. The van der Waals surface area contributed by atoms with Crippen molar-refractivity contribution in [1.82, 2.24) is 4.98 Å². The molecule has 0 aliphatic carbocycles. The van der Waals surface area contributed by atoms with Gasteiger partial charge < -0.3 is 24.9 Å². The summed E-state index contributed by atoms with van der Waals surface area (Å²) in [4.78, 5) is 7.52. The Morgan fingerprint density at radius 2 is 2.00 bits per heavy atom. The van der Waals surface area contributed by atoms with E-state index in [1.165, 1.54) is 13.2 Å². The van der Waals surface area contributed by atoms with Gasteiger partial charge in [0.25, 0.3) is 0 Å². The summed E-state index contributed by atoms with van der Waals surface area (Å²) in [6, 6.07) is 8.22. The van der Waals surface area contributed by atoms with Crippen molar-refractivity contribution >= 4 is 22.5 Å². The zero-order chi connectivity index (χ0) is 18.4. The van der Waals surface area contributed by atoms with E-state index in [0.29, 0.717) is 22.2 Å². The molecule has 0 amide bonds. The molecular weight excluding hydrogens is 337 g/mol. The van der Waals surface area contributed by atoms with Crippen molar-refractivity contribution in [3.05, 3.63) is 47.4 Å². The van der Waals surface area contributed by atoms with E-state index in [9.17, 15) is 9.50 Å². The van der Waals surface area contributed by atoms with Gasteiger partial charge in [-0.3, -0.25) is 0 Å². The Kier molecular flexibility index (Phi) is 3.72. The van der Waals surface area contributed by atoms with Crippen LogP contribution < -0.4 is 14.8 Å². The second kappa shape index (κ2) is 5.94. The molecule has 3 N–H and O–H groups in total. The lowest BCUT2D eigenvalue weighted by Gasteiger charge is -2.24. The number of nitrogens with one attached hydrogen (secondary N) is 2.